The number of hydrogen-bond donors (Lipinski definition) is 1. The summed E-state index contributed by atoms with van der Waals surface area (Å²) in [7, 11) is 1.88. The first kappa shape index (κ1) is 12.8. The molecule has 1 aliphatic rings. The number of aromatic nitrogens is 1. The molecule has 0 aliphatic carbocycles. The average molecular weight is 296 g/mol. The lowest BCUT2D eigenvalue weighted by Gasteiger charge is -2.20. The zero-order valence-electron chi connectivity index (χ0n) is 10.7. The van der Waals surface area contributed by atoms with E-state index in [1.807, 2.05) is 19.3 Å². The van der Waals surface area contributed by atoms with Crippen LogP contribution in [0.3, 0.4) is 0 Å². The normalized spacial score (nSPS) is 15.2. The van der Waals surface area contributed by atoms with Crippen LogP contribution in [0.2, 0.25) is 10.0 Å². The standard InChI is InChI=1S/C14H15Cl2N3/c1-17-12-8-18-14(19-4-2-3-5-19)13-10(12)6-9(15)7-11(13)16/h6-8,17H,2-5H2,1H3. The second-order valence-electron chi connectivity index (χ2n) is 4.75. The first-order valence-electron chi connectivity index (χ1n) is 6.41. The number of rotatable bonds is 2. The minimum Gasteiger partial charge on any atom is -0.386 e. The molecule has 0 amide bonds. The third-order valence-corrected chi connectivity index (χ3v) is 4.08. The van der Waals surface area contributed by atoms with Crippen LogP contribution in [0.4, 0.5) is 11.5 Å². The lowest BCUT2D eigenvalue weighted by molar-refractivity contribution is 0.946. The molecule has 0 atom stereocenters. The van der Waals surface area contributed by atoms with Crippen LogP contribution in [0, 0.1) is 0 Å². The minimum absolute atomic E-state index is 0.646. The van der Waals surface area contributed by atoms with Gasteiger partial charge < -0.3 is 10.2 Å². The van der Waals surface area contributed by atoms with Gasteiger partial charge >= 0.3 is 0 Å². The van der Waals surface area contributed by atoms with Gasteiger partial charge in [-0.05, 0) is 25.0 Å². The lowest BCUT2D eigenvalue weighted by Crippen LogP contribution is -2.19. The number of pyridine rings is 1. The monoisotopic (exact) mass is 295 g/mol. The van der Waals surface area contributed by atoms with Crippen molar-refractivity contribution in [2.75, 3.05) is 30.4 Å². The topological polar surface area (TPSA) is 28.2 Å². The van der Waals surface area contributed by atoms with Crippen molar-refractivity contribution >= 4 is 45.5 Å². The van der Waals surface area contributed by atoms with E-state index >= 15 is 0 Å². The molecule has 19 heavy (non-hydrogen) atoms. The summed E-state index contributed by atoms with van der Waals surface area (Å²) >= 11 is 12.5. The summed E-state index contributed by atoms with van der Waals surface area (Å²) in [5, 5.41) is 6.46. The van der Waals surface area contributed by atoms with Gasteiger partial charge in [0.05, 0.1) is 16.9 Å². The zero-order chi connectivity index (χ0) is 13.4. The molecule has 0 radical (unpaired) electrons. The Morgan fingerprint density at radius 2 is 1.95 bits per heavy atom. The van der Waals surface area contributed by atoms with Gasteiger partial charge in [-0.25, -0.2) is 4.98 Å². The van der Waals surface area contributed by atoms with Crippen LogP contribution in [-0.4, -0.2) is 25.1 Å². The number of nitrogens with zero attached hydrogens (tertiary/aromatic N) is 2. The van der Waals surface area contributed by atoms with E-state index in [2.05, 4.69) is 15.2 Å². The fourth-order valence-electron chi connectivity index (χ4n) is 2.64. The Kier molecular flexibility index (Phi) is 3.42. The summed E-state index contributed by atoms with van der Waals surface area (Å²) < 4.78 is 0. The van der Waals surface area contributed by atoms with Crippen LogP contribution in [-0.2, 0) is 0 Å². The second-order valence-corrected chi connectivity index (χ2v) is 5.59. The molecule has 0 unspecified atom stereocenters. The lowest BCUT2D eigenvalue weighted by atomic mass is 10.1. The van der Waals surface area contributed by atoms with Crippen molar-refractivity contribution in [1.29, 1.82) is 0 Å². The summed E-state index contributed by atoms with van der Waals surface area (Å²) in [6.45, 7) is 2.08. The quantitative estimate of drug-likeness (QED) is 0.901. The predicted molar refractivity (Wildman–Crippen MR) is 82.8 cm³/mol. The van der Waals surface area contributed by atoms with Crippen molar-refractivity contribution in [3.63, 3.8) is 0 Å². The number of benzene rings is 1. The first-order chi connectivity index (χ1) is 9.20. The van der Waals surface area contributed by atoms with E-state index in [9.17, 15) is 0 Å². The highest BCUT2D eigenvalue weighted by atomic mass is 35.5. The molecule has 1 aromatic carbocycles. The molecule has 0 spiro atoms. The van der Waals surface area contributed by atoms with E-state index in [4.69, 9.17) is 23.2 Å². The van der Waals surface area contributed by atoms with Crippen LogP contribution >= 0.6 is 23.2 Å². The number of halogens is 2. The molecule has 5 heteroatoms. The van der Waals surface area contributed by atoms with Crippen LogP contribution in [0.15, 0.2) is 18.3 Å². The molecule has 100 valence electrons. The van der Waals surface area contributed by atoms with Gasteiger partial charge in [0, 0.05) is 35.9 Å². The molecule has 1 N–H and O–H groups in total. The summed E-state index contributed by atoms with van der Waals surface area (Å²) in [6.07, 6.45) is 4.27. The van der Waals surface area contributed by atoms with Gasteiger partial charge in [0.25, 0.3) is 0 Å². The van der Waals surface area contributed by atoms with Crippen LogP contribution in [0.5, 0.6) is 0 Å². The van der Waals surface area contributed by atoms with Crippen molar-refractivity contribution in [3.8, 4) is 0 Å². The maximum Gasteiger partial charge on any atom is 0.138 e. The third kappa shape index (κ3) is 2.21. The summed E-state index contributed by atoms with van der Waals surface area (Å²) in [5.41, 5.74) is 0.947. The summed E-state index contributed by atoms with van der Waals surface area (Å²) in [4.78, 5) is 6.88. The van der Waals surface area contributed by atoms with Crippen molar-refractivity contribution in [3.05, 3.63) is 28.4 Å². The molecule has 1 fully saturated rings. The Hall–Kier alpha value is -1.19. The Bertz CT molecular complexity index is 622. The smallest absolute Gasteiger partial charge is 0.138 e. The van der Waals surface area contributed by atoms with E-state index in [1.165, 1.54) is 12.8 Å². The molecule has 3 nitrogen and oxygen atoms in total. The Morgan fingerprint density at radius 3 is 2.63 bits per heavy atom. The Labute approximate surface area is 122 Å². The van der Waals surface area contributed by atoms with Gasteiger partial charge in [-0.3, -0.25) is 0 Å². The molecule has 1 aromatic heterocycles. The van der Waals surface area contributed by atoms with Gasteiger partial charge in [0.1, 0.15) is 5.82 Å². The average Bonchev–Trinajstić information content (AvgIpc) is 2.90. The van der Waals surface area contributed by atoms with Crippen molar-refractivity contribution in [2.45, 2.75) is 12.8 Å². The maximum atomic E-state index is 6.40. The Morgan fingerprint density at radius 1 is 1.21 bits per heavy atom. The highest BCUT2D eigenvalue weighted by molar-refractivity contribution is 6.40. The molecule has 1 saturated heterocycles. The van der Waals surface area contributed by atoms with Crippen molar-refractivity contribution in [2.24, 2.45) is 0 Å². The van der Waals surface area contributed by atoms with Gasteiger partial charge in [0.15, 0.2) is 0 Å². The highest BCUT2D eigenvalue weighted by Crippen LogP contribution is 2.38. The van der Waals surface area contributed by atoms with Gasteiger partial charge in [-0.1, -0.05) is 23.2 Å². The minimum atomic E-state index is 0.646. The first-order valence-corrected chi connectivity index (χ1v) is 7.17. The Balaban J connectivity index is 2.29. The van der Waals surface area contributed by atoms with Gasteiger partial charge in [-0.15, -0.1) is 0 Å². The molecule has 0 saturated carbocycles. The molecular weight excluding hydrogens is 281 g/mol. The van der Waals surface area contributed by atoms with Gasteiger partial charge in [0.2, 0.25) is 0 Å². The summed E-state index contributed by atoms with van der Waals surface area (Å²) in [6, 6.07) is 3.72. The molecule has 2 aromatic rings. The maximum absolute atomic E-state index is 6.40. The van der Waals surface area contributed by atoms with E-state index in [0.717, 1.165) is 35.4 Å². The number of fused-ring (bicyclic) bond motifs is 1. The second kappa shape index (κ2) is 5.06. The van der Waals surface area contributed by atoms with Gasteiger partial charge in [-0.2, -0.15) is 0 Å². The number of anilines is 2. The molecule has 2 heterocycles. The van der Waals surface area contributed by atoms with E-state index in [-0.39, 0.29) is 0 Å². The molecular formula is C14H15Cl2N3. The molecule has 3 rings (SSSR count). The molecule has 1 aliphatic heterocycles. The summed E-state index contributed by atoms with van der Waals surface area (Å²) in [5.74, 6) is 0.966. The number of nitrogens with one attached hydrogen (secondary N) is 1. The van der Waals surface area contributed by atoms with E-state index < -0.39 is 0 Å². The predicted octanol–water partition coefficient (Wildman–Crippen LogP) is 4.18. The highest BCUT2D eigenvalue weighted by Gasteiger charge is 2.19. The fourth-order valence-corrected chi connectivity index (χ4v) is 3.22. The van der Waals surface area contributed by atoms with Crippen LogP contribution in [0.25, 0.3) is 10.8 Å². The van der Waals surface area contributed by atoms with Crippen LogP contribution in [0.1, 0.15) is 12.8 Å². The van der Waals surface area contributed by atoms with E-state index in [1.54, 1.807) is 6.07 Å². The molecule has 0 bridgehead atoms. The van der Waals surface area contributed by atoms with Crippen LogP contribution < -0.4 is 10.2 Å². The zero-order valence-corrected chi connectivity index (χ0v) is 12.2. The van der Waals surface area contributed by atoms with E-state index in [0.29, 0.717) is 10.0 Å². The number of hydrogen-bond acceptors (Lipinski definition) is 3. The largest absolute Gasteiger partial charge is 0.386 e. The SMILES string of the molecule is CNc1cnc(N2CCCC2)c2c(Cl)cc(Cl)cc12. The van der Waals surface area contributed by atoms with Crippen molar-refractivity contribution < 1.29 is 0 Å². The third-order valence-electron chi connectivity index (χ3n) is 3.56. The fraction of sp³-hybridized carbons (Fsp3) is 0.357. The van der Waals surface area contributed by atoms with Crippen molar-refractivity contribution in [1.82, 2.24) is 4.98 Å².